The highest BCUT2D eigenvalue weighted by Gasteiger charge is 2.18. The Kier molecular flexibility index (Phi) is 6.93. The average Bonchev–Trinajstić information content (AvgIpc) is 3.08. The topological polar surface area (TPSA) is 113 Å². The Morgan fingerprint density at radius 3 is 2.71 bits per heavy atom. The lowest BCUT2D eigenvalue weighted by molar-refractivity contribution is -0.385. The van der Waals surface area contributed by atoms with Crippen LogP contribution in [0.4, 0.5) is 5.69 Å². The van der Waals surface area contributed by atoms with Crippen molar-refractivity contribution in [3.05, 3.63) is 68.0 Å². The van der Waals surface area contributed by atoms with Crippen LogP contribution in [-0.2, 0) is 16.0 Å². The number of methoxy groups -OCH3 is 1. The fraction of sp³-hybridized carbons (Fsp3) is 0.286. The predicted molar refractivity (Wildman–Crippen MR) is 115 cm³/mol. The molecule has 0 saturated heterocycles. The average molecular weight is 443 g/mol. The number of carbonyl (C=O) groups is 2. The number of nitrogens with zero attached hydrogens (tertiary/aromatic N) is 3. The van der Waals surface area contributed by atoms with E-state index >= 15 is 0 Å². The predicted octanol–water partition coefficient (Wildman–Crippen LogP) is 3.48. The van der Waals surface area contributed by atoms with Crippen LogP contribution in [0.2, 0.25) is 0 Å². The van der Waals surface area contributed by atoms with E-state index in [1.165, 1.54) is 36.5 Å². The van der Waals surface area contributed by atoms with Crippen molar-refractivity contribution in [1.82, 2.24) is 4.57 Å². The molecular weight excluding hydrogens is 422 g/mol. The fourth-order valence-corrected chi connectivity index (χ4v) is 4.19. The molecule has 0 N–H and O–H groups in total. The zero-order valence-electron chi connectivity index (χ0n) is 17.3. The summed E-state index contributed by atoms with van der Waals surface area (Å²) in [6.45, 7) is 4.36. The molecule has 3 rings (SSSR count). The van der Waals surface area contributed by atoms with Crippen molar-refractivity contribution in [3.8, 4) is 0 Å². The largest absolute Gasteiger partial charge is 0.462 e. The number of benzene rings is 2. The summed E-state index contributed by atoms with van der Waals surface area (Å²) in [6.07, 6.45) is 0. The molecule has 0 aliphatic carbocycles. The third kappa shape index (κ3) is 4.70. The number of thiazole rings is 1. The van der Waals surface area contributed by atoms with E-state index in [-0.39, 0.29) is 23.4 Å². The minimum atomic E-state index is -0.579. The Bertz CT molecular complexity index is 1230. The van der Waals surface area contributed by atoms with Gasteiger partial charge < -0.3 is 14.0 Å². The van der Waals surface area contributed by atoms with Gasteiger partial charge in [0.2, 0.25) is 0 Å². The number of fused-ring (bicyclic) bond motifs is 1. The highest BCUT2D eigenvalue weighted by Crippen LogP contribution is 2.23. The molecule has 0 spiro atoms. The second-order valence-electron chi connectivity index (χ2n) is 6.56. The first-order valence-corrected chi connectivity index (χ1v) is 10.3. The van der Waals surface area contributed by atoms with Gasteiger partial charge >= 0.3 is 5.97 Å². The molecule has 9 nitrogen and oxygen atoms in total. The van der Waals surface area contributed by atoms with Gasteiger partial charge in [0, 0.05) is 25.3 Å². The maximum absolute atomic E-state index is 12.9. The van der Waals surface area contributed by atoms with E-state index in [2.05, 4.69) is 4.99 Å². The molecule has 0 atom stereocenters. The molecular formula is C21H21N3O6S. The summed E-state index contributed by atoms with van der Waals surface area (Å²) in [5.41, 5.74) is 1.48. The van der Waals surface area contributed by atoms with E-state index in [0.29, 0.717) is 23.5 Å². The number of ether oxygens (including phenoxy) is 2. The van der Waals surface area contributed by atoms with Gasteiger partial charge in [0.1, 0.15) is 0 Å². The summed E-state index contributed by atoms with van der Waals surface area (Å²) in [4.78, 5) is 40.2. The lowest BCUT2D eigenvalue weighted by Gasteiger charge is -2.06. The summed E-state index contributed by atoms with van der Waals surface area (Å²) in [7, 11) is 1.57. The Morgan fingerprint density at radius 1 is 1.26 bits per heavy atom. The second kappa shape index (κ2) is 9.63. The summed E-state index contributed by atoms with van der Waals surface area (Å²) in [5, 5.41) is 11.2. The number of hydrogen-bond donors (Lipinski definition) is 0. The molecule has 10 heteroatoms. The molecule has 1 amide bonds. The number of rotatable bonds is 7. The number of aromatic nitrogens is 1. The van der Waals surface area contributed by atoms with Gasteiger partial charge in [0.05, 0.1) is 39.5 Å². The first kappa shape index (κ1) is 22.3. The Labute approximate surface area is 181 Å². The van der Waals surface area contributed by atoms with Crippen molar-refractivity contribution < 1.29 is 24.0 Å². The minimum absolute atomic E-state index is 0.135. The Balaban J connectivity index is 2.12. The summed E-state index contributed by atoms with van der Waals surface area (Å²) < 4.78 is 12.8. The number of esters is 1. The van der Waals surface area contributed by atoms with Gasteiger partial charge in [-0.05, 0) is 38.1 Å². The van der Waals surface area contributed by atoms with Crippen LogP contribution in [0.5, 0.6) is 0 Å². The highest BCUT2D eigenvalue weighted by molar-refractivity contribution is 7.16. The minimum Gasteiger partial charge on any atom is -0.462 e. The smallest absolute Gasteiger partial charge is 0.338 e. The van der Waals surface area contributed by atoms with Gasteiger partial charge in [-0.3, -0.25) is 14.9 Å². The highest BCUT2D eigenvalue weighted by atomic mass is 32.1. The van der Waals surface area contributed by atoms with E-state index in [9.17, 15) is 19.7 Å². The van der Waals surface area contributed by atoms with Crippen LogP contribution < -0.4 is 4.80 Å². The lowest BCUT2D eigenvalue weighted by Crippen LogP contribution is -2.19. The monoisotopic (exact) mass is 443 g/mol. The molecule has 0 aliphatic heterocycles. The van der Waals surface area contributed by atoms with Crippen molar-refractivity contribution in [1.29, 1.82) is 0 Å². The SMILES string of the molecule is CCOC(=O)c1ccc2c(c1)sc(=NC(=O)c1cccc([N+](=O)[O-])c1C)n2CCOC. The molecule has 0 fully saturated rings. The van der Waals surface area contributed by atoms with Crippen molar-refractivity contribution in [2.24, 2.45) is 4.99 Å². The number of nitro groups is 1. The molecule has 1 aromatic heterocycles. The maximum atomic E-state index is 12.9. The van der Waals surface area contributed by atoms with Gasteiger partial charge in [0.15, 0.2) is 4.80 Å². The zero-order valence-corrected chi connectivity index (χ0v) is 18.1. The molecule has 31 heavy (non-hydrogen) atoms. The van der Waals surface area contributed by atoms with E-state index < -0.39 is 16.8 Å². The molecule has 0 saturated carbocycles. The van der Waals surface area contributed by atoms with Crippen molar-refractivity contribution in [2.75, 3.05) is 20.3 Å². The summed E-state index contributed by atoms with van der Waals surface area (Å²) in [6, 6.07) is 9.45. The molecule has 0 unspecified atom stereocenters. The third-order valence-electron chi connectivity index (χ3n) is 4.64. The van der Waals surface area contributed by atoms with Crippen LogP contribution in [0.15, 0.2) is 41.4 Å². The van der Waals surface area contributed by atoms with Crippen molar-refractivity contribution in [3.63, 3.8) is 0 Å². The molecule has 0 aliphatic rings. The second-order valence-corrected chi connectivity index (χ2v) is 7.56. The number of carbonyl (C=O) groups excluding carboxylic acids is 2. The summed E-state index contributed by atoms with van der Waals surface area (Å²) in [5.74, 6) is -1.01. The molecule has 0 radical (unpaired) electrons. The first-order chi connectivity index (χ1) is 14.9. The zero-order chi connectivity index (χ0) is 22.5. The van der Waals surface area contributed by atoms with Crippen LogP contribution in [0.25, 0.3) is 10.2 Å². The van der Waals surface area contributed by atoms with Gasteiger partial charge in [0.25, 0.3) is 11.6 Å². The molecule has 2 aromatic carbocycles. The molecule has 162 valence electrons. The van der Waals surface area contributed by atoms with E-state index in [1.807, 2.05) is 4.57 Å². The van der Waals surface area contributed by atoms with Crippen LogP contribution >= 0.6 is 11.3 Å². The third-order valence-corrected chi connectivity index (χ3v) is 5.68. The molecule has 1 heterocycles. The Morgan fingerprint density at radius 2 is 2.03 bits per heavy atom. The lowest BCUT2D eigenvalue weighted by atomic mass is 10.1. The van der Waals surface area contributed by atoms with Crippen molar-refractivity contribution in [2.45, 2.75) is 20.4 Å². The van der Waals surface area contributed by atoms with E-state index in [4.69, 9.17) is 9.47 Å². The van der Waals surface area contributed by atoms with Crippen LogP contribution in [0, 0.1) is 17.0 Å². The van der Waals surface area contributed by atoms with Crippen molar-refractivity contribution >= 4 is 39.1 Å². The molecule has 3 aromatic rings. The standard InChI is InChI=1S/C21H21N3O6S/c1-4-30-20(26)14-8-9-17-18(12-14)31-21(23(17)10-11-29-3)22-19(25)15-6-5-7-16(13(15)2)24(27)28/h5-9,12H,4,10-11H2,1-3H3. The maximum Gasteiger partial charge on any atom is 0.338 e. The van der Waals surface area contributed by atoms with Gasteiger partial charge in [-0.1, -0.05) is 17.4 Å². The van der Waals surface area contributed by atoms with E-state index in [1.54, 1.807) is 32.2 Å². The van der Waals surface area contributed by atoms with E-state index in [0.717, 1.165) is 10.2 Å². The van der Waals surface area contributed by atoms with Crippen LogP contribution in [0.3, 0.4) is 0 Å². The number of amides is 1. The quantitative estimate of drug-likeness (QED) is 0.314. The summed E-state index contributed by atoms with van der Waals surface area (Å²) >= 11 is 1.24. The van der Waals surface area contributed by atoms with Gasteiger partial charge in [-0.25, -0.2) is 4.79 Å². The van der Waals surface area contributed by atoms with Crippen LogP contribution in [-0.4, -0.2) is 41.7 Å². The van der Waals surface area contributed by atoms with Gasteiger partial charge in [-0.15, -0.1) is 0 Å². The number of nitro benzene ring substituents is 1. The fourth-order valence-electron chi connectivity index (χ4n) is 3.10. The Hall–Kier alpha value is -3.37. The molecule has 0 bridgehead atoms. The van der Waals surface area contributed by atoms with Gasteiger partial charge in [-0.2, -0.15) is 4.99 Å². The first-order valence-electron chi connectivity index (χ1n) is 9.49. The normalized spacial score (nSPS) is 11.6. The van der Waals surface area contributed by atoms with Crippen LogP contribution in [0.1, 0.15) is 33.2 Å². The number of hydrogen-bond acceptors (Lipinski definition) is 7.